The summed E-state index contributed by atoms with van der Waals surface area (Å²) in [6, 6.07) is 8.39. The third kappa shape index (κ3) is 3.91. The second kappa shape index (κ2) is 8.43. The largest absolute Gasteiger partial charge is 0.495 e. The van der Waals surface area contributed by atoms with Gasteiger partial charge in [-0.3, -0.25) is 4.79 Å². The monoisotopic (exact) mass is 510 g/mol. The molecule has 1 N–H and O–H groups in total. The molecule has 0 saturated heterocycles. The number of amides is 1. The topological polar surface area (TPSA) is 86.9 Å². The van der Waals surface area contributed by atoms with E-state index in [1.54, 1.807) is 31.8 Å². The molecule has 1 atom stereocenters. The number of nitrogens with zero attached hydrogens (tertiary/aromatic N) is 5. The molecule has 0 radical (unpaired) electrons. The molecule has 1 unspecified atom stereocenters. The molecule has 4 aromatic rings. The van der Waals surface area contributed by atoms with E-state index < -0.39 is 6.04 Å². The average Bonchev–Trinajstić information content (AvgIpc) is 3.43. The van der Waals surface area contributed by atoms with Crippen molar-refractivity contribution in [2.24, 2.45) is 0 Å². The molecule has 0 fully saturated rings. The molecule has 5 rings (SSSR count). The molecule has 0 bridgehead atoms. The number of imidazole rings is 1. The molecule has 2 aromatic carbocycles. The fourth-order valence-corrected chi connectivity index (χ4v) is 4.37. The van der Waals surface area contributed by atoms with Gasteiger partial charge in [0.05, 0.1) is 35.5 Å². The first-order valence-electron chi connectivity index (χ1n) is 10.3. The van der Waals surface area contributed by atoms with Crippen molar-refractivity contribution in [3.05, 3.63) is 70.6 Å². The Morgan fingerprint density at radius 1 is 1.24 bits per heavy atom. The smallest absolute Gasteiger partial charge is 0.249 e. The van der Waals surface area contributed by atoms with Gasteiger partial charge in [0.25, 0.3) is 0 Å². The molecular formula is C23H20BrFN6O2. The minimum Gasteiger partial charge on any atom is -0.495 e. The average molecular weight is 511 g/mol. The molecule has 8 nitrogen and oxygen atoms in total. The van der Waals surface area contributed by atoms with E-state index >= 15 is 0 Å². The van der Waals surface area contributed by atoms with Crippen molar-refractivity contribution in [2.75, 3.05) is 12.4 Å². The first-order valence-corrected chi connectivity index (χ1v) is 11.1. The summed E-state index contributed by atoms with van der Waals surface area (Å²) >= 11 is 3.21. The Morgan fingerprint density at radius 2 is 2.09 bits per heavy atom. The van der Waals surface area contributed by atoms with Crippen LogP contribution < -0.4 is 10.1 Å². The second-order valence-corrected chi connectivity index (χ2v) is 8.68. The highest BCUT2D eigenvalue weighted by molar-refractivity contribution is 9.10. The quantitative estimate of drug-likeness (QED) is 0.437. The zero-order chi connectivity index (χ0) is 23.1. The maximum atomic E-state index is 14.5. The summed E-state index contributed by atoms with van der Waals surface area (Å²) in [4.78, 5) is 17.1. The minimum atomic E-state index is -0.605. The van der Waals surface area contributed by atoms with Crippen LogP contribution in [0.25, 0.3) is 16.9 Å². The van der Waals surface area contributed by atoms with Crippen LogP contribution in [0.1, 0.15) is 23.7 Å². The van der Waals surface area contributed by atoms with Gasteiger partial charge in [-0.1, -0.05) is 11.3 Å². The molecular weight excluding hydrogens is 491 g/mol. The third-order valence-corrected chi connectivity index (χ3v) is 6.33. The molecule has 0 aliphatic carbocycles. The van der Waals surface area contributed by atoms with Gasteiger partial charge < -0.3 is 14.6 Å². The second-order valence-electron chi connectivity index (χ2n) is 7.82. The van der Waals surface area contributed by atoms with E-state index in [9.17, 15) is 9.18 Å². The van der Waals surface area contributed by atoms with E-state index in [0.29, 0.717) is 40.0 Å². The molecule has 0 spiro atoms. The highest BCUT2D eigenvalue weighted by atomic mass is 79.9. The van der Waals surface area contributed by atoms with Gasteiger partial charge in [-0.2, -0.15) is 0 Å². The summed E-state index contributed by atoms with van der Waals surface area (Å²) in [6.07, 6.45) is 6.16. The number of hydrogen-bond donors (Lipinski definition) is 1. The van der Waals surface area contributed by atoms with Gasteiger partial charge in [0.2, 0.25) is 5.91 Å². The van der Waals surface area contributed by atoms with Crippen molar-refractivity contribution >= 4 is 27.5 Å². The molecule has 1 aliphatic rings. The number of benzene rings is 2. The Labute approximate surface area is 197 Å². The number of hydrogen-bond acceptors (Lipinski definition) is 5. The summed E-state index contributed by atoms with van der Waals surface area (Å²) in [5.74, 6) is 0.0477. The van der Waals surface area contributed by atoms with Gasteiger partial charge in [-0.15, -0.1) is 5.10 Å². The van der Waals surface area contributed by atoms with E-state index in [1.165, 1.54) is 4.68 Å². The Hall–Kier alpha value is -3.53. The predicted octanol–water partition coefficient (Wildman–Crippen LogP) is 4.48. The van der Waals surface area contributed by atoms with Crippen molar-refractivity contribution in [2.45, 2.75) is 25.8 Å². The summed E-state index contributed by atoms with van der Waals surface area (Å²) in [5, 5.41) is 11.3. The van der Waals surface area contributed by atoms with Gasteiger partial charge in [0.15, 0.2) is 0 Å². The van der Waals surface area contributed by atoms with E-state index in [2.05, 4.69) is 36.5 Å². The Bertz CT molecular complexity index is 1360. The summed E-state index contributed by atoms with van der Waals surface area (Å²) in [7, 11) is 1.61. The predicted molar refractivity (Wildman–Crippen MR) is 124 cm³/mol. The summed E-state index contributed by atoms with van der Waals surface area (Å²) in [5.41, 5.74) is 4.12. The van der Waals surface area contributed by atoms with Crippen molar-refractivity contribution in [3.8, 4) is 22.7 Å². The van der Waals surface area contributed by atoms with Crippen molar-refractivity contribution < 1.29 is 13.9 Å². The minimum absolute atomic E-state index is 0.254. The van der Waals surface area contributed by atoms with Crippen LogP contribution in [0.5, 0.6) is 5.75 Å². The highest BCUT2D eigenvalue weighted by Crippen LogP contribution is 2.33. The number of halogens is 2. The van der Waals surface area contributed by atoms with Crippen LogP contribution in [0.15, 0.2) is 53.5 Å². The standard InChI is InChI=1S/C23H20BrFN6O2/c1-13-10-30(12-26-13)19-7-3-14(9-21(19)33-2)18-11-31(29-28-18)20-8-4-15-17(27-23(20)32)6-5-16(24)22(15)25/h3,5-7,9-12,20H,4,8H2,1-2H3,(H,27,32). The van der Waals surface area contributed by atoms with Crippen molar-refractivity contribution in [1.29, 1.82) is 0 Å². The number of methoxy groups -OCH3 is 1. The van der Waals surface area contributed by atoms with Crippen LogP contribution in [-0.2, 0) is 11.2 Å². The van der Waals surface area contributed by atoms with Crippen LogP contribution in [0.4, 0.5) is 10.1 Å². The van der Waals surface area contributed by atoms with Crippen LogP contribution in [0.3, 0.4) is 0 Å². The first-order chi connectivity index (χ1) is 15.9. The molecule has 0 saturated carbocycles. The fraction of sp³-hybridized carbons (Fsp3) is 0.217. The highest BCUT2D eigenvalue weighted by Gasteiger charge is 2.28. The van der Waals surface area contributed by atoms with E-state index in [0.717, 1.165) is 16.9 Å². The van der Waals surface area contributed by atoms with Crippen molar-refractivity contribution in [3.63, 3.8) is 0 Å². The molecule has 1 amide bonds. The van der Waals surface area contributed by atoms with Crippen LogP contribution in [0.2, 0.25) is 0 Å². The molecule has 33 heavy (non-hydrogen) atoms. The normalized spacial score (nSPS) is 15.6. The molecule has 1 aliphatic heterocycles. The number of carbonyl (C=O) groups excluding carboxylic acids is 1. The number of rotatable bonds is 4. The maximum Gasteiger partial charge on any atom is 0.249 e. The maximum absolute atomic E-state index is 14.5. The third-order valence-electron chi connectivity index (χ3n) is 5.72. The van der Waals surface area contributed by atoms with E-state index in [4.69, 9.17) is 4.74 Å². The SMILES string of the molecule is COc1cc(-c2cn(C3CCc4c(ccc(Br)c4F)NC3=O)nn2)ccc1-n1cnc(C)c1. The molecule has 3 heterocycles. The van der Waals surface area contributed by atoms with E-state index in [1.807, 2.05) is 35.9 Å². The van der Waals surface area contributed by atoms with Gasteiger partial charge in [-0.05, 0) is 60.0 Å². The first kappa shape index (κ1) is 21.3. The van der Waals surface area contributed by atoms with Crippen LogP contribution in [-0.4, -0.2) is 37.6 Å². The number of carbonyl (C=O) groups is 1. The Balaban J connectivity index is 1.42. The zero-order valence-electron chi connectivity index (χ0n) is 17.9. The lowest BCUT2D eigenvalue weighted by atomic mass is 10.1. The fourth-order valence-electron chi connectivity index (χ4n) is 4.00. The van der Waals surface area contributed by atoms with Crippen LogP contribution in [0, 0.1) is 12.7 Å². The lowest BCUT2D eigenvalue weighted by Gasteiger charge is -2.12. The number of fused-ring (bicyclic) bond motifs is 1. The number of anilines is 1. The Morgan fingerprint density at radius 3 is 2.85 bits per heavy atom. The Kier molecular flexibility index (Phi) is 5.45. The molecule has 10 heteroatoms. The van der Waals surface area contributed by atoms with Gasteiger partial charge >= 0.3 is 0 Å². The van der Waals surface area contributed by atoms with Gasteiger partial charge in [0.1, 0.15) is 23.3 Å². The lowest BCUT2D eigenvalue weighted by molar-refractivity contribution is -0.119. The lowest BCUT2D eigenvalue weighted by Crippen LogP contribution is -2.25. The summed E-state index contributed by atoms with van der Waals surface area (Å²) < 4.78 is 23.9. The van der Waals surface area contributed by atoms with Crippen LogP contribution >= 0.6 is 15.9 Å². The summed E-state index contributed by atoms with van der Waals surface area (Å²) in [6.45, 7) is 1.92. The number of aryl methyl sites for hydroxylation is 1. The van der Waals surface area contributed by atoms with Gasteiger partial charge in [0, 0.05) is 23.0 Å². The number of ether oxygens (including phenoxy) is 1. The van der Waals surface area contributed by atoms with E-state index in [-0.39, 0.29) is 11.7 Å². The number of aromatic nitrogens is 5. The van der Waals surface area contributed by atoms with Crippen molar-refractivity contribution in [1.82, 2.24) is 24.5 Å². The van der Waals surface area contributed by atoms with Gasteiger partial charge in [-0.25, -0.2) is 14.1 Å². The molecule has 168 valence electrons. The zero-order valence-corrected chi connectivity index (χ0v) is 19.5. The molecule has 2 aromatic heterocycles. The number of nitrogens with one attached hydrogen (secondary N) is 1.